The fourth-order valence-corrected chi connectivity index (χ4v) is 3.45. The molecule has 0 spiro atoms. The number of hydrogen-bond donors (Lipinski definition) is 1. The average Bonchev–Trinajstić information content (AvgIpc) is 2.65. The fourth-order valence-electron chi connectivity index (χ4n) is 3.45. The number of hydrogen-bond acceptors (Lipinski definition) is 3. The van der Waals surface area contributed by atoms with Crippen molar-refractivity contribution >= 4 is 0 Å². The number of ether oxygens (including phenoxy) is 1. The van der Waals surface area contributed by atoms with E-state index < -0.39 is 0 Å². The first-order valence-electron chi connectivity index (χ1n) is 8.99. The Labute approximate surface area is 144 Å². The number of rotatable bonds is 7. The van der Waals surface area contributed by atoms with Crippen molar-refractivity contribution in [3.63, 3.8) is 0 Å². The minimum absolute atomic E-state index is 0.0400. The molecule has 0 radical (unpaired) electrons. The van der Waals surface area contributed by atoms with Gasteiger partial charge >= 0.3 is 0 Å². The van der Waals surface area contributed by atoms with Crippen LogP contribution < -0.4 is 4.74 Å². The highest BCUT2D eigenvalue weighted by Gasteiger charge is 2.24. The molecule has 1 fully saturated rings. The first kappa shape index (κ1) is 17.0. The molecule has 1 atom stereocenters. The lowest BCUT2D eigenvalue weighted by Crippen LogP contribution is -2.35. The van der Waals surface area contributed by atoms with Crippen molar-refractivity contribution in [1.82, 2.24) is 4.90 Å². The van der Waals surface area contributed by atoms with Gasteiger partial charge in [-0.1, -0.05) is 55.0 Å². The summed E-state index contributed by atoms with van der Waals surface area (Å²) < 4.78 is 6.08. The van der Waals surface area contributed by atoms with Crippen molar-refractivity contribution in [3.8, 4) is 5.75 Å². The van der Waals surface area contributed by atoms with Crippen molar-refractivity contribution in [3.05, 3.63) is 65.7 Å². The summed E-state index contributed by atoms with van der Waals surface area (Å²) in [6.45, 7) is 2.91. The lowest BCUT2D eigenvalue weighted by molar-refractivity contribution is 0.102. The van der Waals surface area contributed by atoms with E-state index in [9.17, 15) is 5.11 Å². The molecule has 1 aliphatic rings. The summed E-state index contributed by atoms with van der Waals surface area (Å²) >= 11 is 0. The second-order valence-electron chi connectivity index (χ2n) is 6.42. The number of aliphatic hydroxyl groups is 1. The van der Waals surface area contributed by atoms with Crippen LogP contribution in [0.2, 0.25) is 0 Å². The predicted molar refractivity (Wildman–Crippen MR) is 97.3 cm³/mol. The van der Waals surface area contributed by atoms with E-state index in [2.05, 4.69) is 35.2 Å². The minimum Gasteiger partial charge on any atom is -0.493 e. The standard InChI is InChI=1S/C21H27NO2/c23-17-20(22-14-7-2-8-15-22)19-11-5-6-12-21(19)24-16-13-18-9-3-1-4-10-18/h1,3-6,9-12,20,23H,2,7-8,13-17H2. The Morgan fingerprint density at radius 2 is 1.62 bits per heavy atom. The van der Waals surface area contributed by atoms with Crippen molar-refractivity contribution in [2.24, 2.45) is 0 Å². The van der Waals surface area contributed by atoms with Gasteiger partial charge in [-0.05, 0) is 37.6 Å². The van der Waals surface area contributed by atoms with Gasteiger partial charge in [-0.15, -0.1) is 0 Å². The molecule has 1 saturated heterocycles. The Morgan fingerprint density at radius 3 is 2.38 bits per heavy atom. The highest BCUT2D eigenvalue weighted by atomic mass is 16.5. The number of para-hydroxylation sites is 1. The Hall–Kier alpha value is -1.84. The molecule has 24 heavy (non-hydrogen) atoms. The zero-order valence-corrected chi connectivity index (χ0v) is 14.2. The summed E-state index contributed by atoms with van der Waals surface area (Å²) in [4.78, 5) is 2.39. The van der Waals surface area contributed by atoms with E-state index in [0.29, 0.717) is 6.61 Å². The van der Waals surface area contributed by atoms with Crippen LogP contribution in [0.25, 0.3) is 0 Å². The quantitative estimate of drug-likeness (QED) is 0.840. The van der Waals surface area contributed by atoms with Crippen molar-refractivity contribution in [1.29, 1.82) is 0 Å². The molecule has 128 valence electrons. The molecule has 0 aromatic heterocycles. The van der Waals surface area contributed by atoms with Crippen LogP contribution in [0.5, 0.6) is 5.75 Å². The summed E-state index contributed by atoms with van der Waals surface area (Å²) in [6, 6.07) is 18.6. The third-order valence-corrected chi connectivity index (χ3v) is 4.77. The second kappa shape index (κ2) is 8.86. The van der Waals surface area contributed by atoms with E-state index in [-0.39, 0.29) is 12.6 Å². The molecule has 3 nitrogen and oxygen atoms in total. The number of aliphatic hydroxyl groups excluding tert-OH is 1. The van der Waals surface area contributed by atoms with Gasteiger partial charge in [0.05, 0.1) is 19.3 Å². The lowest BCUT2D eigenvalue weighted by atomic mass is 10.0. The molecule has 2 aromatic rings. The fraction of sp³-hybridized carbons (Fsp3) is 0.429. The van der Waals surface area contributed by atoms with E-state index in [4.69, 9.17) is 4.74 Å². The molecule has 1 unspecified atom stereocenters. The average molecular weight is 325 g/mol. The number of piperidine rings is 1. The van der Waals surface area contributed by atoms with Gasteiger partial charge in [-0.2, -0.15) is 0 Å². The monoisotopic (exact) mass is 325 g/mol. The molecular formula is C21H27NO2. The van der Waals surface area contributed by atoms with E-state index >= 15 is 0 Å². The van der Waals surface area contributed by atoms with Gasteiger partial charge in [0.1, 0.15) is 5.75 Å². The minimum atomic E-state index is 0.0400. The van der Waals surface area contributed by atoms with Crippen LogP contribution in [0.3, 0.4) is 0 Å². The third kappa shape index (κ3) is 4.37. The van der Waals surface area contributed by atoms with E-state index in [1.807, 2.05) is 24.3 Å². The van der Waals surface area contributed by atoms with Gasteiger partial charge in [0, 0.05) is 12.0 Å². The first-order chi connectivity index (χ1) is 11.9. The third-order valence-electron chi connectivity index (χ3n) is 4.77. The van der Waals surface area contributed by atoms with Gasteiger partial charge in [0.25, 0.3) is 0 Å². The topological polar surface area (TPSA) is 32.7 Å². The van der Waals surface area contributed by atoms with Crippen LogP contribution in [0.15, 0.2) is 54.6 Å². The molecule has 1 aliphatic heterocycles. The highest BCUT2D eigenvalue weighted by molar-refractivity contribution is 5.36. The highest BCUT2D eigenvalue weighted by Crippen LogP contribution is 2.31. The number of likely N-dealkylation sites (tertiary alicyclic amines) is 1. The van der Waals surface area contributed by atoms with Crippen molar-refractivity contribution in [2.75, 3.05) is 26.3 Å². The maximum Gasteiger partial charge on any atom is 0.124 e. The Bertz CT molecular complexity index is 608. The smallest absolute Gasteiger partial charge is 0.124 e. The van der Waals surface area contributed by atoms with Crippen molar-refractivity contribution in [2.45, 2.75) is 31.7 Å². The van der Waals surface area contributed by atoms with Gasteiger partial charge < -0.3 is 9.84 Å². The molecule has 3 rings (SSSR count). The van der Waals surface area contributed by atoms with Gasteiger partial charge in [0.2, 0.25) is 0 Å². The van der Waals surface area contributed by atoms with Crippen LogP contribution in [-0.2, 0) is 6.42 Å². The molecule has 1 heterocycles. The zero-order valence-electron chi connectivity index (χ0n) is 14.2. The zero-order chi connectivity index (χ0) is 16.6. The van der Waals surface area contributed by atoms with Gasteiger partial charge in [0.15, 0.2) is 0 Å². The SMILES string of the molecule is OCC(c1ccccc1OCCc1ccccc1)N1CCCCC1. The molecule has 0 amide bonds. The maximum absolute atomic E-state index is 9.96. The predicted octanol–water partition coefficient (Wildman–Crippen LogP) is 3.83. The van der Waals surface area contributed by atoms with Gasteiger partial charge in [-0.3, -0.25) is 4.90 Å². The molecular weight excluding hydrogens is 298 g/mol. The summed E-state index contributed by atoms with van der Waals surface area (Å²) in [6.07, 6.45) is 4.62. The summed E-state index contributed by atoms with van der Waals surface area (Å²) in [5.74, 6) is 0.901. The summed E-state index contributed by atoms with van der Waals surface area (Å²) in [5, 5.41) is 9.96. The maximum atomic E-state index is 9.96. The van der Waals surface area contributed by atoms with E-state index in [1.54, 1.807) is 0 Å². The van der Waals surface area contributed by atoms with E-state index in [0.717, 1.165) is 30.8 Å². The molecule has 0 aliphatic carbocycles. The number of nitrogens with zero attached hydrogens (tertiary/aromatic N) is 1. The first-order valence-corrected chi connectivity index (χ1v) is 8.99. The molecule has 0 bridgehead atoms. The largest absolute Gasteiger partial charge is 0.493 e. The Kier molecular flexibility index (Phi) is 6.27. The summed E-state index contributed by atoms with van der Waals surface area (Å²) in [5.41, 5.74) is 2.39. The number of benzene rings is 2. The van der Waals surface area contributed by atoms with Crippen LogP contribution in [0.1, 0.15) is 36.4 Å². The molecule has 0 saturated carbocycles. The normalized spacial score (nSPS) is 16.7. The molecule has 1 N–H and O–H groups in total. The summed E-state index contributed by atoms with van der Waals surface area (Å²) in [7, 11) is 0. The van der Waals surface area contributed by atoms with E-state index in [1.165, 1.54) is 24.8 Å². The van der Waals surface area contributed by atoms with Crippen LogP contribution in [0, 0.1) is 0 Å². The molecule has 3 heteroatoms. The van der Waals surface area contributed by atoms with Gasteiger partial charge in [-0.25, -0.2) is 0 Å². The van der Waals surface area contributed by atoms with Crippen LogP contribution >= 0.6 is 0 Å². The Morgan fingerprint density at radius 1 is 0.917 bits per heavy atom. The lowest BCUT2D eigenvalue weighted by Gasteiger charge is -2.34. The van der Waals surface area contributed by atoms with Crippen LogP contribution in [-0.4, -0.2) is 36.3 Å². The second-order valence-corrected chi connectivity index (χ2v) is 6.42. The molecule has 2 aromatic carbocycles. The van der Waals surface area contributed by atoms with Crippen molar-refractivity contribution < 1.29 is 9.84 Å². The Balaban J connectivity index is 1.67. The van der Waals surface area contributed by atoms with Crippen LogP contribution in [0.4, 0.5) is 0 Å².